The molecule has 2 nitrogen and oxygen atoms in total. The summed E-state index contributed by atoms with van der Waals surface area (Å²) < 4.78 is 24.5. The van der Waals surface area contributed by atoms with Crippen LogP contribution in [-0.4, -0.2) is 30.5 Å². The number of benzene rings is 1. The number of rotatable bonds is 4. The summed E-state index contributed by atoms with van der Waals surface area (Å²) in [7, 11) is 3.80. The predicted octanol–water partition coefficient (Wildman–Crippen LogP) is 2.05. The number of hydrogen-bond donors (Lipinski definition) is 1. The van der Waals surface area contributed by atoms with Gasteiger partial charge in [-0.15, -0.1) is 0 Å². The standard InChI is InChI=1S/C11H15F2NO/c1-14(2)7-8-4-3-5-9(6-8)10(15)11(12)13/h3-6,10-11,15H,7H2,1-2H3. The third-order valence-corrected chi connectivity index (χ3v) is 2.03. The van der Waals surface area contributed by atoms with Gasteiger partial charge in [-0.25, -0.2) is 8.78 Å². The van der Waals surface area contributed by atoms with Crippen LogP contribution in [0.1, 0.15) is 17.2 Å². The average Bonchev–Trinajstić information content (AvgIpc) is 2.16. The molecule has 0 bridgehead atoms. The van der Waals surface area contributed by atoms with Crippen molar-refractivity contribution in [3.8, 4) is 0 Å². The lowest BCUT2D eigenvalue weighted by Gasteiger charge is -2.13. The molecule has 0 amide bonds. The van der Waals surface area contributed by atoms with Crippen molar-refractivity contribution in [2.24, 2.45) is 0 Å². The molecule has 0 fully saturated rings. The molecule has 0 radical (unpaired) electrons. The fourth-order valence-corrected chi connectivity index (χ4v) is 1.39. The molecule has 0 saturated heterocycles. The number of aliphatic hydroxyl groups is 1. The van der Waals surface area contributed by atoms with Crippen molar-refractivity contribution in [3.05, 3.63) is 35.4 Å². The highest BCUT2D eigenvalue weighted by Gasteiger charge is 2.18. The van der Waals surface area contributed by atoms with Crippen LogP contribution in [0.15, 0.2) is 24.3 Å². The Bertz CT molecular complexity index is 315. The van der Waals surface area contributed by atoms with Crippen molar-refractivity contribution in [3.63, 3.8) is 0 Å². The summed E-state index contributed by atoms with van der Waals surface area (Å²) in [6.45, 7) is 0.670. The van der Waals surface area contributed by atoms with Crippen molar-refractivity contribution in [2.75, 3.05) is 14.1 Å². The van der Waals surface area contributed by atoms with Gasteiger partial charge in [0.2, 0.25) is 0 Å². The normalized spacial score (nSPS) is 13.5. The molecule has 1 rings (SSSR count). The van der Waals surface area contributed by atoms with Crippen LogP contribution in [0.2, 0.25) is 0 Å². The van der Waals surface area contributed by atoms with Gasteiger partial charge in [0.05, 0.1) is 0 Å². The summed E-state index contributed by atoms with van der Waals surface area (Å²) in [5.41, 5.74) is 1.18. The van der Waals surface area contributed by atoms with Crippen molar-refractivity contribution >= 4 is 0 Å². The maximum absolute atomic E-state index is 12.2. The largest absolute Gasteiger partial charge is 0.382 e. The van der Waals surface area contributed by atoms with Gasteiger partial charge < -0.3 is 10.0 Å². The SMILES string of the molecule is CN(C)Cc1cccc(C(O)C(F)F)c1. The number of nitrogens with zero attached hydrogens (tertiary/aromatic N) is 1. The summed E-state index contributed by atoms with van der Waals surface area (Å²) in [5, 5.41) is 9.19. The van der Waals surface area contributed by atoms with Crippen LogP contribution in [0.25, 0.3) is 0 Å². The smallest absolute Gasteiger partial charge is 0.268 e. The first-order chi connectivity index (χ1) is 7.00. The molecule has 0 aromatic heterocycles. The van der Waals surface area contributed by atoms with Gasteiger partial charge in [0, 0.05) is 6.54 Å². The first-order valence-electron chi connectivity index (χ1n) is 4.70. The molecular weight excluding hydrogens is 200 g/mol. The van der Waals surface area contributed by atoms with Gasteiger partial charge >= 0.3 is 0 Å². The maximum Gasteiger partial charge on any atom is 0.268 e. The minimum absolute atomic E-state index is 0.268. The van der Waals surface area contributed by atoms with E-state index < -0.39 is 12.5 Å². The topological polar surface area (TPSA) is 23.5 Å². The third kappa shape index (κ3) is 3.57. The van der Waals surface area contributed by atoms with Crippen LogP contribution in [0, 0.1) is 0 Å². The summed E-state index contributed by atoms with van der Waals surface area (Å²) in [4.78, 5) is 1.94. The Morgan fingerprint density at radius 1 is 1.33 bits per heavy atom. The highest BCUT2D eigenvalue weighted by Crippen LogP contribution is 2.21. The van der Waals surface area contributed by atoms with E-state index in [1.54, 1.807) is 12.1 Å². The van der Waals surface area contributed by atoms with Crippen LogP contribution in [0.3, 0.4) is 0 Å². The Morgan fingerprint density at radius 2 is 2.00 bits per heavy atom. The van der Waals surface area contributed by atoms with E-state index in [2.05, 4.69) is 0 Å². The molecule has 15 heavy (non-hydrogen) atoms. The zero-order valence-corrected chi connectivity index (χ0v) is 8.82. The van der Waals surface area contributed by atoms with Crippen molar-refractivity contribution in [1.29, 1.82) is 0 Å². The van der Waals surface area contributed by atoms with E-state index >= 15 is 0 Å². The van der Waals surface area contributed by atoms with Crippen LogP contribution >= 0.6 is 0 Å². The number of aliphatic hydroxyl groups excluding tert-OH is 1. The van der Waals surface area contributed by atoms with E-state index in [0.29, 0.717) is 6.54 Å². The lowest BCUT2D eigenvalue weighted by Crippen LogP contribution is -2.12. The Labute approximate surface area is 88.1 Å². The molecule has 0 aliphatic heterocycles. The molecule has 0 heterocycles. The Kier molecular flexibility index (Phi) is 4.17. The second-order valence-corrected chi connectivity index (χ2v) is 3.76. The van der Waals surface area contributed by atoms with E-state index in [-0.39, 0.29) is 5.56 Å². The number of halogens is 2. The van der Waals surface area contributed by atoms with Crippen LogP contribution < -0.4 is 0 Å². The average molecular weight is 215 g/mol. The summed E-state index contributed by atoms with van der Waals surface area (Å²) in [6.07, 6.45) is -4.42. The van der Waals surface area contributed by atoms with E-state index in [0.717, 1.165) is 5.56 Å². The Balaban J connectivity index is 2.82. The Hall–Kier alpha value is -1.00. The van der Waals surface area contributed by atoms with Gasteiger partial charge in [0.1, 0.15) is 6.10 Å². The summed E-state index contributed by atoms with van der Waals surface area (Å²) in [6, 6.07) is 6.65. The molecule has 1 aromatic carbocycles. The molecule has 0 aliphatic carbocycles. The molecule has 1 atom stereocenters. The van der Waals surface area contributed by atoms with E-state index in [4.69, 9.17) is 0 Å². The quantitative estimate of drug-likeness (QED) is 0.830. The van der Waals surface area contributed by atoms with Gasteiger partial charge in [0.15, 0.2) is 0 Å². The third-order valence-electron chi connectivity index (χ3n) is 2.03. The predicted molar refractivity (Wildman–Crippen MR) is 54.8 cm³/mol. The zero-order chi connectivity index (χ0) is 11.4. The minimum Gasteiger partial charge on any atom is -0.382 e. The molecular formula is C11H15F2NO. The molecule has 0 aliphatic rings. The van der Waals surface area contributed by atoms with Crippen molar-refractivity contribution in [2.45, 2.75) is 19.1 Å². The lowest BCUT2D eigenvalue weighted by atomic mass is 10.1. The number of hydrogen-bond acceptors (Lipinski definition) is 2. The minimum atomic E-state index is -2.74. The van der Waals surface area contributed by atoms with Crippen molar-refractivity contribution < 1.29 is 13.9 Å². The van der Waals surface area contributed by atoms with E-state index in [1.165, 1.54) is 6.07 Å². The fourth-order valence-electron chi connectivity index (χ4n) is 1.39. The second kappa shape index (κ2) is 5.19. The second-order valence-electron chi connectivity index (χ2n) is 3.76. The van der Waals surface area contributed by atoms with Crippen LogP contribution in [0.4, 0.5) is 8.78 Å². The van der Waals surface area contributed by atoms with Crippen molar-refractivity contribution in [1.82, 2.24) is 4.90 Å². The highest BCUT2D eigenvalue weighted by atomic mass is 19.3. The van der Waals surface area contributed by atoms with Crippen LogP contribution in [-0.2, 0) is 6.54 Å². The number of alkyl halides is 2. The van der Waals surface area contributed by atoms with Gasteiger partial charge in [-0.1, -0.05) is 24.3 Å². The monoisotopic (exact) mass is 215 g/mol. The van der Waals surface area contributed by atoms with E-state index in [9.17, 15) is 13.9 Å². The zero-order valence-electron chi connectivity index (χ0n) is 8.82. The molecule has 1 unspecified atom stereocenters. The molecule has 4 heteroatoms. The molecule has 84 valence electrons. The molecule has 1 aromatic rings. The molecule has 0 spiro atoms. The highest BCUT2D eigenvalue weighted by molar-refractivity contribution is 5.25. The van der Waals surface area contributed by atoms with Gasteiger partial charge in [-0.05, 0) is 25.2 Å². The van der Waals surface area contributed by atoms with Gasteiger partial charge in [-0.3, -0.25) is 0 Å². The summed E-state index contributed by atoms with van der Waals surface area (Å²) >= 11 is 0. The van der Waals surface area contributed by atoms with Gasteiger partial charge in [0.25, 0.3) is 6.43 Å². The van der Waals surface area contributed by atoms with E-state index in [1.807, 2.05) is 25.1 Å². The Morgan fingerprint density at radius 3 is 2.53 bits per heavy atom. The fraction of sp³-hybridized carbons (Fsp3) is 0.455. The molecule has 0 saturated carbocycles. The maximum atomic E-state index is 12.2. The van der Waals surface area contributed by atoms with Gasteiger partial charge in [-0.2, -0.15) is 0 Å². The summed E-state index contributed by atoms with van der Waals surface area (Å²) in [5.74, 6) is 0. The molecule has 1 N–H and O–H groups in total. The van der Waals surface area contributed by atoms with Crippen LogP contribution in [0.5, 0.6) is 0 Å². The first kappa shape index (κ1) is 12.1. The lowest BCUT2D eigenvalue weighted by molar-refractivity contribution is -0.00582. The first-order valence-corrected chi connectivity index (χ1v) is 4.70.